The van der Waals surface area contributed by atoms with E-state index in [9.17, 15) is 0 Å². The van der Waals surface area contributed by atoms with Gasteiger partial charge in [-0.25, -0.2) is 4.98 Å². The Morgan fingerprint density at radius 1 is 1.41 bits per heavy atom. The van der Waals surface area contributed by atoms with E-state index in [0.717, 1.165) is 17.8 Å². The summed E-state index contributed by atoms with van der Waals surface area (Å²) in [6.45, 7) is 2.28. The molecule has 3 rings (SSSR count). The number of aromatic nitrogens is 2. The molecule has 1 saturated carbocycles. The first-order chi connectivity index (χ1) is 8.10. The Balaban J connectivity index is 1.92. The fourth-order valence-corrected chi connectivity index (χ4v) is 2.39. The SMILES string of the molecule is Cn1c(CC(N)C2(C)CC2)nc2ccccc21. The number of para-hydroxylation sites is 2. The molecule has 1 unspecified atom stereocenters. The molecule has 1 heterocycles. The molecule has 1 atom stereocenters. The van der Waals surface area contributed by atoms with Crippen LogP contribution in [0.5, 0.6) is 0 Å². The van der Waals surface area contributed by atoms with Crippen molar-refractivity contribution in [3.05, 3.63) is 30.1 Å². The summed E-state index contributed by atoms with van der Waals surface area (Å²) in [5.41, 5.74) is 8.90. The lowest BCUT2D eigenvalue weighted by molar-refractivity contribution is 0.423. The van der Waals surface area contributed by atoms with Gasteiger partial charge in [0.25, 0.3) is 0 Å². The number of rotatable bonds is 3. The Labute approximate surface area is 102 Å². The average molecular weight is 229 g/mol. The van der Waals surface area contributed by atoms with Gasteiger partial charge in [0.15, 0.2) is 0 Å². The van der Waals surface area contributed by atoms with E-state index in [2.05, 4.69) is 41.7 Å². The molecule has 1 aromatic carbocycles. The lowest BCUT2D eigenvalue weighted by Crippen LogP contribution is -2.32. The topological polar surface area (TPSA) is 43.8 Å². The van der Waals surface area contributed by atoms with Gasteiger partial charge in [0.05, 0.1) is 11.0 Å². The minimum Gasteiger partial charge on any atom is -0.331 e. The van der Waals surface area contributed by atoms with Crippen molar-refractivity contribution in [2.45, 2.75) is 32.2 Å². The maximum absolute atomic E-state index is 6.28. The molecule has 0 amide bonds. The fourth-order valence-electron chi connectivity index (χ4n) is 2.39. The highest BCUT2D eigenvalue weighted by Crippen LogP contribution is 2.48. The van der Waals surface area contributed by atoms with Crippen LogP contribution in [0.2, 0.25) is 0 Å². The van der Waals surface area contributed by atoms with Gasteiger partial charge in [-0.15, -0.1) is 0 Å². The third-order valence-corrected chi connectivity index (χ3v) is 4.22. The number of aryl methyl sites for hydroxylation is 1. The van der Waals surface area contributed by atoms with Crippen molar-refractivity contribution in [2.24, 2.45) is 18.2 Å². The second kappa shape index (κ2) is 3.57. The van der Waals surface area contributed by atoms with E-state index in [1.165, 1.54) is 18.4 Å². The Bertz CT molecular complexity index is 552. The third kappa shape index (κ3) is 1.75. The molecule has 1 aliphatic rings. The molecule has 3 heteroatoms. The Hall–Kier alpha value is -1.35. The molecule has 2 aromatic rings. The molecule has 0 bridgehead atoms. The normalized spacial score (nSPS) is 19.5. The largest absolute Gasteiger partial charge is 0.331 e. The van der Waals surface area contributed by atoms with Crippen LogP contribution in [0.1, 0.15) is 25.6 Å². The van der Waals surface area contributed by atoms with Gasteiger partial charge in [-0.2, -0.15) is 0 Å². The smallest absolute Gasteiger partial charge is 0.111 e. The first-order valence-corrected chi connectivity index (χ1v) is 6.26. The van der Waals surface area contributed by atoms with Crippen LogP contribution in [0.25, 0.3) is 11.0 Å². The monoisotopic (exact) mass is 229 g/mol. The van der Waals surface area contributed by atoms with Crippen molar-refractivity contribution in [3.8, 4) is 0 Å². The molecule has 3 nitrogen and oxygen atoms in total. The number of nitrogens with two attached hydrogens (primary N) is 1. The van der Waals surface area contributed by atoms with Crippen LogP contribution in [0.3, 0.4) is 0 Å². The summed E-state index contributed by atoms with van der Waals surface area (Å²) in [6.07, 6.45) is 3.40. The number of nitrogens with zero attached hydrogens (tertiary/aromatic N) is 2. The van der Waals surface area contributed by atoms with E-state index < -0.39 is 0 Å². The minimum atomic E-state index is 0.234. The second-order valence-electron chi connectivity index (χ2n) is 5.54. The molecule has 1 fully saturated rings. The second-order valence-corrected chi connectivity index (χ2v) is 5.54. The van der Waals surface area contributed by atoms with Crippen molar-refractivity contribution in [2.75, 3.05) is 0 Å². The predicted octanol–water partition coefficient (Wildman–Crippen LogP) is 2.24. The van der Waals surface area contributed by atoms with E-state index in [1.807, 2.05) is 6.07 Å². The fraction of sp³-hybridized carbons (Fsp3) is 0.500. The Morgan fingerprint density at radius 2 is 2.12 bits per heavy atom. The van der Waals surface area contributed by atoms with Gasteiger partial charge in [-0.05, 0) is 30.4 Å². The number of benzene rings is 1. The molecule has 2 N–H and O–H groups in total. The molecular formula is C14H19N3. The molecule has 0 saturated heterocycles. The summed E-state index contributed by atoms with van der Waals surface area (Å²) < 4.78 is 2.17. The maximum atomic E-state index is 6.28. The molecule has 90 valence electrons. The highest BCUT2D eigenvalue weighted by Gasteiger charge is 2.43. The third-order valence-electron chi connectivity index (χ3n) is 4.22. The van der Waals surface area contributed by atoms with E-state index in [0.29, 0.717) is 5.41 Å². The number of hydrogen-bond donors (Lipinski definition) is 1. The predicted molar refractivity (Wildman–Crippen MR) is 69.7 cm³/mol. The van der Waals surface area contributed by atoms with Gasteiger partial charge in [0.1, 0.15) is 5.82 Å². The molecule has 0 aliphatic heterocycles. The summed E-state index contributed by atoms with van der Waals surface area (Å²) >= 11 is 0. The van der Waals surface area contributed by atoms with Crippen LogP contribution in [0.4, 0.5) is 0 Å². The lowest BCUT2D eigenvalue weighted by Gasteiger charge is -2.18. The Morgan fingerprint density at radius 3 is 2.76 bits per heavy atom. The Kier molecular flexibility index (Phi) is 2.26. The van der Waals surface area contributed by atoms with Crippen LogP contribution in [-0.2, 0) is 13.5 Å². The minimum absolute atomic E-state index is 0.234. The zero-order chi connectivity index (χ0) is 12.0. The number of hydrogen-bond acceptors (Lipinski definition) is 2. The summed E-state index contributed by atoms with van der Waals surface area (Å²) in [6, 6.07) is 8.48. The van der Waals surface area contributed by atoms with Gasteiger partial charge < -0.3 is 10.3 Å². The van der Waals surface area contributed by atoms with Gasteiger partial charge in [0, 0.05) is 19.5 Å². The quantitative estimate of drug-likeness (QED) is 0.877. The van der Waals surface area contributed by atoms with Gasteiger partial charge in [-0.1, -0.05) is 19.1 Å². The molecular weight excluding hydrogens is 210 g/mol. The van der Waals surface area contributed by atoms with Crippen LogP contribution in [-0.4, -0.2) is 15.6 Å². The molecule has 1 aliphatic carbocycles. The molecule has 0 radical (unpaired) electrons. The highest BCUT2D eigenvalue weighted by atomic mass is 15.1. The first-order valence-electron chi connectivity index (χ1n) is 6.26. The summed E-state index contributed by atoms with van der Waals surface area (Å²) in [5, 5.41) is 0. The van der Waals surface area contributed by atoms with Crippen molar-refractivity contribution >= 4 is 11.0 Å². The van der Waals surface area contributed by atoms with Crippen LogP contribution < -0.4 is 5.73 Å². The number of imidazole rings is 1. The van der Waals surface area contributed by atoms with E-state index in [-0.39, 0.29) is 6.04 Å². The summed E-state index contributed by atoms with van der Waals surface area (Å²) in [4.78, 5) is 4.68. The van der Waals surface area contributed by atoms with Crippen molar-refractivity contribution in [1.29, 1.82) is 0 Å². The average Bonchev–Trinajstić information content (AvgIpc) is 3.00. The lowest BCUT2D eigenvalue weighted by atomic mass is 9.97. The van der Waals surface area contributed by atoms with Crippen LogP contribution in [0.15, 0.2) is 24.3 Å². The highest BCUT2D eigenvalue weighted by molar-refractivity contribution is 5.75. The van der Waals surface area contributed by atoms with Crippen molar-refractivity contribution in [1.82, 2.24) is 9.55 Å². The standard InChI is InChI=1S/C14H19N3/c1-14(7-8-14)12(15)9-13-16-10-5-3-4-6-11(10)17(13)2/h3-6,12H,7-9,15H2,1-2H3. The molecule has 0 spiro atoms. The van der Waals surface area contributed by atoms with Gasteiger partial charge >= 0.3 is 0 Å². The van der Waals surface area contributed by atoms with Crippen LogP contribution >= 0.6 is 0 Å². The van der Waals surface area contributed by atoms with E-state index in [1.54, 1.807) is 0 Å². The van der Waals surface area contributed by atoms with Crippen molar-refractivity contribution in [3.63, 3.8) is 0 Å². The van der Waals surface area contributed by atoms with Gasteiger partial charge in [0.2, 0.25) is 0 Å². The van der Waals surface area contributed by atoms with E-state index in [4.69, 9.17) is 5.73 Å². The summed E-state index contributed by atoms with van der Waals surface area (Å²) in [7, 11) is 2.08. The van der Waals surface area contributed by atoms with E-state index >= 15 is 0 Å². The molecule has 1 aromatic heterocycles. The van der Waals surface area contributed by atoms with Crippen molar-refractivity contribution < 1.29 is 0 Å². The summed E-state index contributed by atoms with van der Waals surface area (Å²) in [5.74, 6) is 1.10. The zero-order valence-electron chi connectivity index (χ0n) is 10.5. The molecule has 17 heavy (non-hydrogen) atoms. The maximum Gasteiger partial charge on any atom is 0.111 e. The first kappa shape index (κ1) is 10.8. The van der Waals surface area contributed by atoms with Gasteiger partial charge in [-0.3, -0.25) is 0 Å². The number of fused-ring (bicyclic) bond motifs is 1. The van der Waals surface area contributed by atoms with Crippen LogP contribution in [0, 0.1) is 5.41 Å². The zero-order valence-corrected chi connectivity index (χ0v) is 10.5.